The fraction of sp³-hybridized carbons (Fsp3) is 0.391. The number of carbonyl (C=O) groups is 1. The number of carbonyl (C=O) groups excluding carboxylic acids is 1. The lowest BCUT2D eigenvalue weighted by atomic mass is 9.64. The van der Waals surface area contributed by atoms with Gasteiger partial charge in [-0.3, -0.25) is 4.79 Å². The second-order valence-electron chi connectivity index (χ2n) is 7.01. The van der Waals surface area contributed by atoms with Gasteiger partial charge in [0.1, 0.15) is 0 Å². The first kappa shape index (κ1) is 19.7. The van der Waals surface area contributed by atoms with Gasteiger partial charge in [0.2, 0.25) is 5.91 Å². The van der Waals surface area contributed by atoms with Crippen LogP contribution in [0, 0.1) is 11.3 Å². The number of amides is 1. The summed E-state index contributed by atoms with van der Waals surface area (Å²) in [7, 11) is 3.54. The lowest BCUT2D eigenvalue weighted by Gasteiger charge is -2.36. The number of hydrogen-bond acceptors (Lipinski definition) is 2. The molecule has 0 aliphatic heterocycles. The standard InChI is InChI=1S/C23H28N2O/c1-4-5-16-23(18-24,20-14-10-7-11-15-20)21(17-22(26)25(2)3)19-12-8-6-9-13-19/h6-15,21H,4-5,16-17H2,1-3H3/t21-,23+/m1/s1. The Morgan fingerprint density at radius 1 is 1.08 bits per heavy atom. The highest BCUT2D eigenvalue weighted by Gasteiger charge is 2.42. The smallest absolute Gasteiger partial charge is 0.222 e. The third-order valence-corrected chi connectivity index (χ3v) is 5.09. The van der Waals surface area contributed by atoms with Crippen molar-refractivity contribution in [1.82, 2.24) is 4.90 Å². The number of nitrogens with zero attached hydrogens (tertiary/aromatic N) is 2. The van der Waals surface area contributed by atoms with Crippen LogP contribution < -0.4 is 0 Å². The molecule has 0 fully saturated rings. The van der Waals surface area contributed by atoms with Gasteiger partial charge in [0, 0.05) is 26.4 Å². The molecule has 0 heterocycles. The van der Waals surface area contributed by atoms with E-state index in [1.165, 1.54) is 0 Å². The van der Waals surface area contributed by atoms with Crippen LogP contribution in [0.2, 0.25) is 0 Å². The van der Waals surface area contributed by atoms with Crippen molar-refractivity contribution in [3.8, 4) is 6.07 Å². The molecule has 3 heteroatoms. The van der Waals surface area contributed by atoms with Crippen molar-refractivity contribution >= 4 is 5.91 Å². The van der Waals surface area contributed by atoms with Crippen LogP contribution in [0.15, 0.2) is 60.7 Å². The Morgan fingerprint density at radius 3 is 2.15 bits per heavy atom. The fourth-order valence-electron chi connectivity index (χ4n) is 3.53. The maximum Gasteiger partial charge on any atom is 0.222 e. The van der Waals surface area contributed by atoms with Crippen LogP contribution in [-0.4, -0.2) is 24.9 Å². The van der Waals surface area contributed by atoms with E-state index in [1.54, 1.807) is 19.0 Å². The zero-order valence-electron chi connectivity index (χ0n) is 16.0. The average Bonchev–Trinajstić information content (AvgIpc) is 2.69. The van der Waals surface area contributed by atoms with Gasteiger partial charge in [-0.05, 0) is 17.5 Å². The van der Waals surface area contributed by atoms with E-state index in [9.17, 15) is 10.1 Å². The van der Waals surface area contributed by atoms with Gasteiger partial charge >= 0.3 is 0 Å². The number of nitriles is 1. The quantitative estimate of drug-likeness (QED) is 0.681. The average molecular weight is 348 g/mol. The normalized spacial score (nSPS) is 14.1. The predicted octanol–water partition coefficient (Wildman–Crippen LogP) is 4.90. The maximum absolute atomic E-state index is 12.6. The third kappa shape index (κ3) is 4.32. The highest BCUT2D eigenvalue weighted by molar-refractivity contribution is 5.77. The Balaban J connectivity index is 2.60. The van der Waals surface area contributed by atoms with Gasteiger partial charge in [-0.15, -0.1) is 0 Å². The number of rotatable bonds is 8. The lowest BCUT2D eigenvalue weighted by Crippen LogP contribution is -2.36. The fourth-order valence-corrected chi connectivity index (χ4v) is 3.53. The van der Waals surface area contributed by atoms with Crippen molar-refractivity contribution < 1.29 is 4.79 Å². The molecule has 2 rings (SSSR count). The number of unbranched alkanes of at least 4 members (excludes halogenated alkanes) is 1. The first-order valence-corrected chi connectivity index (χ1v) is 9.27. The molecular formula is C23H28N2O. The Labute approximate surface area is 157 Å². The van der Waals surface area contributed by atoms with Crippen LogP contribution in [0.3, 0.4) is 0 Å². The van der Waals surface area contributed by atoms with Crippen molar-refractivity contribution in [1.29, 1.82) is 5.26 Å². The summed E-state index contributed by atoms with van der Waals surface area (Å²) in [6.07, 6.45) is 3.02. The van der Waals surface area contributed by atoms with E-state index in [0.29, 0.717) is 6.42 Å². The first-order chi connectivity index (χ1) is 12.5. The van der Waals surface area contributed by atoms with Crippen molar-refractivity contribution in [2.45, 2.75) is 43.9 Å². The van der Waals surface area contributed by atoms with Crippen LogP contribution in [0.5, 0.6) is 0 Å². The van der Waals surface area contributed by atoms with Gasteiger partial charge in [-0.25, -0.2) is 0 Å². The number of benzene rings is 2. The van der Waals surface area contributed by atoms with Gasteiger partial charge in [-0.2, -0.15) is 5.26 Å². The SMILES string of the molecule is CCCC[C@](C#N)(c1ccccc1)[C@H](CC(=O)N(C)C)c1ccccc1. The molecule has 0 saturated heterocycles. The van der Waals surface area contributed by atoms with Crippen molar-refractivity contribution in [3.05, 3.63) is 71.8 Å². The molecule has 2 atom stereocenters. The third-order valence-electron chi connectivity index (χ3n) is 5.09. The highest BCUT2D eigenvalue weighted by atomic mass is 16.2. The molecule has 0 N–H and O–H groups in total. The summed E-state index contributed by atoms with van der Waals surface area (Å²) in [5.74, 6) is -0.136. The Morgan fingerprint density at radius 2 is 1.65 bits per heavy atom. The molecule has 0 bridgehead atoms. The summed E-state index contributed by atoms with van der Waals surface area (Å²) < 4.78 is 0. The maximum atomic E-state index is 12.6. The monoisotopic (exact) mass is 348 g/mol. The van der Waals surface area contributed by atoms with E-state index in [2.05, 4.69) is 13.0 Å². The van der Waals surface area contributed by atoms with Crippen molar-refractivity contribution in [3.63, 3.8) is 0 Å². The van der Waals surface area contributed by atoms with E-state index < -0.39 is 5.41 Å². The summed E-state index contributed by atoms with van der Waals surface area (Å²) in [5.41, 5.74) is 1.32. The Bertz CT molecular complexity index is 734. The van der Waals surface area contributed by atoms with Crippen LogP contribution in [0.1, 0.15) is 49.7 Å². The summed E-state index contributed by atoms with van der Waals surface area (Å²) in [4.78, 5) is 14.2. The zero-order chi connectivity index (χ0) is 19.0. The van der Waals surface area contributed by atoms with E-state index in [0.717, 1.165) is 30.4 Å². The molecule has 0 saturated carbocycles. The van der Waals surface area contributed by atoms with Gasteiger partial charge in [0.25, 0.3) is 0 Å². The molecule has 2 aromatic rings. The second kappa shape index (κ2) is 9.20. The van der Waals surface area contributed by atoms with E-state index in [4.69, 9.17) is 0 Å². The van der Waals surface area contributed by atoms with Gasteiger partial charge in [-0.1, -0.05) is 80.4 Å². The second-order valence-corrected chi connectivity index (χ2v) is 7.01. The van der Waals surface area contributed by atoms with Gasteiger partial charge < -0.3 is 4.90 Å². The van der Waals surface area contributed by atoms with Gasteiger partial charge in [0.05, 0.1) is 11.5 Å². The summed E-state index contributed by atoms with van der Waals surface area (Å²) >= 11 is 0. The molecule has 1 amide bonds. The molecule has 2 aromatic carbocycles. The molecular weight excluding hydrogens is 320 g/mol. The summed E-state index contributed by atoms with van der Waals surface area (Å²) in [6, 6.07) is 22.6. The molecule has 136 valence electrons. The van der Waals surface area contributed by atoms with E-state index in [-0.39, 0.29) is 11.8 Å². The molecule has 0 unspecified atom stereocenters. The van der Waals surface area contributed by atoms with Crippen LogP contribution in [-0.2, 0) is 10.2 Å². The van der Waals surface area contributed by atoms with E-state index in [1.807, 2.05) is 60.7 Å². The summed E-state index contributed by atoms with van der Waals surface area (Å²) in [6.45, 7) is 2.13. The first-order valence-electron chi connectivity index (χ1n) is 9.27. The number of hydrogen-bond donors (Lipinski definition) is 0. The molecule has 0 aliphatic rings. The van der Waals surface area contributed by atoms with Crippen molar-refractivity contribution in [2.75, 3.05) is 14.1 Å². The lowest BCUT2D eigenvalue weighted by molar-refractivity contribution is -0.129. The van der Waals surface area contributed by atoms with Crippen LogP contribution in [0.4, 0.5) is 0 Å². The van der Waals surface area contributed by atoms with E-state index >= 15 is 0 Å². The highest BCUT2D eigenvalue weighted by Crippen LogP contribution is 2.45. The molecule has 0 spiro atoms. The predicted molar refractivity (Wildman–Crippen MR) is 106 cm³/mol. The Kier molecular flexibility index (Phi) is 6.97. The van der Waals surface area contributed by atoms with Crippen LogP contribution in [0.25, 0.3) is 0 Å². The molecule has 0 aromatic heterocycles. The molecule has 0 aliphatic carbocycles. The molecule has 3 nitrogen and oxygen atoms in total. The molecule has 0 radical (unpaired) electrons. The van der Waals surface area contributed by atoms with Crippen LogP contribution >= 0.6 is 0 Å². The zero-order valence-corrected chi connectivity index (χ0v) is 16.0. The van der Waals surface area contributed by atoms with Crippen molar-refractivity contribution in [2.24, 2.45) is 0 Å². The Hall–Kier alpha value is -2.60. The minimum atomic E-state index is -0.718. The largest absolute Gasteiger partial charge is 0.349 e. The summed E-state index contributed by atoms with van der Waals surface area (Å²) in [5, 5.41) is 10.4. The molecule has 26 heavy (non-hydrogen) atoms. The topological polar surface area (TPSA) is 44.1 Å². The van der Waals surface area contributed by atoms with Gasteiger partial charge in [0.15, 0.2) is 0 Å². The minimum Gasteiger partial charge on any atom is -0.349 e. The minimum absolute atomic E-state index is 0.0471.